The Hall–Kier alpha value is -1.65. The maximum absolute atomic E-state index is 12.3. The molecule has 0 saturated heterocycles. The first-order valence-electron chi connectivity index (χ1n) is 8.46. The van der Waals surface area contributed by atoms with Crippen LogP contribution in [-0.4, -0.2) is 21.9 Å². The number of nitrogens with zero attached hydrogens (tertiary/aromatic N) is 1. The summed E-state index contributed by atoms with van der Waals surface area (Å²) in [5, 5.41) is 3.16. The molecular formula is C17H25N3O2. The molecule has 22 heavy (non-hydrogen) atoms. The number of fused-ring (bicyclic) bond motifs is 1. The highest BCUT2D eigenvalue weighted by Gasteiger charge is 2.39. The molecule has 0 radical (unpaired) electrons. The molecule has 120 valence electrons. The van der Waals surface area contributed by atoms with E-state index >= 15 is 0 Å². The van der Waals surface area contributed by atoms with Crippen LogP contribution in [0.3, 0.4) is 0 Å². The van der Waals surface area contributed by atoms with E-state index in [0.717, 1.165) is 12.3 Å². The highest BCUT2D eigenvalue weighted by atomic mass is 16.2. The highest BCUT2D eigenvalue weighted by Crippen LogP contribution is 2.43. The number of aromatic amines is 1. The molecule has 5 nitrogen and oxygen atoms in total. The monoisotopic (exact) mass is 303 g/mol. The molecule has 2 fully saturated rings. The van der Waals surface area contributed by atoms with Crippen molar-refractivity contribution >= 4 is 5.91 Å². The summed E-state index contributed by atoms with van der Waals surface area (Å²) in [5.41, 5.74) is 0.987. The molecule has 1 aromatic rings. The first-order chi connectivity index (χ1) is 10.6. The molecule has 2 aliphatic rings. The second-order valence-corrected chi connectivity index (χ2v) is 6.71. The largest absolute Gasteiger partial charge is 0.353 e. The van der Waals surface area contributed by atoms with E-state index in [9.17, 15) is 9.59 Å². The zero-order valence-corrected chi connectivity index (χ0v) is 13.4. The van der Waals surface area contributed by atoms with E-state index in [2.05, 4.69) is 15.3 Å². The van der Waals surface area contributed by atoms with Crippen LogP contribution in [0.4, 0.5) is 0 Å². The van der Waals surface area contributed by atoms with Gasteiger partial charge in [-0.15, -0.1) is 0 Å². The van der Waals surface area contributed by atoms with Crippen LogP contribution in [0.2, 0.25) is 0 Å². The van der Waals surface area contributed by atoms with Crippen LogP contribution in [0, 0.1) is 18.8 Å². The van der Waals surface area contributed by atoms with Crippen molar-refractivity contribution in [3.63, 3.8) is 0 Å². The average Bonchev–Trinajstić information content (AvgIpc) is 3.07. The molecule has 2 N–H and O–H groups in total. The van der Waals surface area contributed by atoms with E-state index in [0.29, 0.717) is 35.5 Å². The van der Waals surface area contributed by atoms with Crippen molar-refractivity contribution in [1.82, 2.24) is 15.3 Å². The van der Waals surface area contributed by atoms with Crippen LogP contribution in [0.25, 0.3) is 0 Å². The van der Waals surface area contributed by atoms with Gasteiger partial charge in [-0.25, -0.2) is 4.98 Å². The minimum atomic E-state index is -0.176. The van der Waals surface area contributed by atoms with Gasteiger partial charge in [0.1, 0.15) is 5.82 Å². The van der Waals surface area contributed by atoms with Crippen LogP contribution >= 0.6 is 0 Å². The van der Waals surface area contributed by atoms with Crippen molar-refractivity contribution in [1.29, 1.82) is 0 Å². The number of aryl methyl sites for hydroxylation is 2. The molecule has 1 amide bonds. The normalized spacial score (nSPS) is 26.9. The summed E-state index contributed by atoms with van der Waals surface area (Å²) in [5.74, 6) is 2.10. The predicted molar refractivity (Wildman–Crippen MR) is 84.7 cm³/mol. The lowest BCUT2D eigenvalue weighted by molar-refractivity contribution is -0.121. The third kappa shape index (κ3) is 2.94. The van der Waals surface area contributed by atoms with Crippen LogP contribution in [-0.2, 0) is 17.6 Å². The maximum Gasteiger partial charge on any atom is 0.254 e. The second kappa shape index (κ2) is 6.23. The number of carbonyl (C=O) groups excluding carboxylic acids is 1. The van der Waals surface area contributed by atoms with Gasteiger partial charge in [-0.1, -0.05) is 19.8 Å². The number of carbonyl (C=O) groups is 1. The molecule has 0 spiro atoms. The molecule has 1 aromatic heterocycles. The van der Waals surface area contributed by atoms with Crippen LogP contribution in [0.5, 0.6) is 0 Å². The van der Waals surface area contributed by atoms with E-state index in [1.807, 2.05) is 6.92 Å². The van der Waals surface area contributed by atoms with Gasteiger partial charge in [-0.05, 0) is 38.0 Å². The van der Waals surface area contributed by atoms with Gasteiger partial charge in [0.2, 0.25) is 5.91 Å². The van der Waals surface area contributed by atoms with Crippen molar-refractivity contribution in [2.45, 2.75) is 64.8 Å². The van der Waals surface area contributed by atoms with Gasteiger partial charge in [0.25, 0.3) is 5.56 Å². The lowest BCUT2D eigenvalue weighted by atomic mass is 9.97. The molecule has 0 aliphatic heterocycles. The Balaban J connectivity index is 1.66. The van der Waals surface area contributed by atoms with Crippen LogP contribution in [0.1, 0.15) is 56.1 Å². The SMILES string of the molecule is CCc1nc(C)c(CC(=O)N[C@H]2CC[C@@H]3CCC[C@@H]32)c(=O)[nH]1. The minimum Gasteiger partial charge on any atom is -0.353 e. The average molecular weight is 303 g/mol. The number of rotatable bonds is 4. The number of hydrogen-bond donors (Lipinski definition) is 2. The van der Waals surface area contributed by atoms with Gasteiger partial charge in [-0.3, -0.25) is 9.59 Å². The maximum atomic E-state index is 12.3. The third-order valence-corrected chi connectivity index (χ3v) is 5.37. The number of amides is 1. The Morgan fingerprint density at radius 3 is 2.86 bits per heavy atom. The summed E-state index contributed by atoms with van der Waals surface area (Å²) >= 11 is 0. The number of H-pyrrole nitrogens is 1. The fraction of sp³-hybridized carbons (Fsp3) is 0.706. The lowest BCUT2D eigenvalue weighted by Crippen LogP contribution is -2.39. The van der Waals surface area contributed by atoms with Gasteiger partial charge < -0.3 is 10.3 Å². The van der Waals surface area contributed by atoms with Gasteiger partial charge in [-0.2, -0.15) is 0 Å². The molecule has 3 rings (SSSR count). The first-order valence-corrected chi connectivity index (χ1v) is 8.46. The summed E-state index contributed by atoms with van der Waals surface area (Å²) in [6.07, 6.45) is 6.99. The summed E-state index contributed by atoms with van der Waals surface area (Å²) in [6.45, 7) is 3.75. The van der Waals surface area contributed by atoms with Crippen molar-refractivity contribution in [2.24, 2.45) is 11.8 Å². The highest BCUT2D eigenvalue weighted by molar-refractivity contribution is 5.79. The molecule has 0 aromatic carbocycles. The van der Waals surface area contributed by atoms with E-state index < -0.39 is 0 Å². The molecule has 2 aliphatic carbocycles. The predicted octanol–water partition coefficient (Wildman–Crippen LogP) is 1.88. The molecule has 5 heteroatoms. The Bertz CT molecular complexity index is 623. The first kappa shape index (κ1) is 15.3. The number of nitrogens with one attached hydrogen (secondary N) is 2. The van der Waals surface area contributed by atoms with Crippen molar-refractivity contribution in [2.75, 3.05) is 0 Å². The van der Waals surface area contributed by atoms with E-state index in [4.69, 9.17) is 0 Å². The van der Waals surface area contributed by atoms with E-state index in [1.165, 1.54) is 25.7 Å². The summed E-state index contributed by atoms with van der Waals surface area (Å²) < 4.78 is 0. The van der Waals surface area contributed by atoms with Crippen molar-refractivity contribution < 1.29 is 4.79 Å². The van der Waals surface area contributed by atoms with Crippen LogP contribution in [0.15, 0.2) is 4.79 Å². The summed E-state index contributed by atoms with van der Waals surface area (Å²) in [7, 11) is 0. The minimum absolute atomic E-state index is 0.0443. The fourth-order valence-electron chi connectivity index (χ4n) is 4.20. The lowest BCUT2D eigenvalue weighted by Gasteiger charge is -2.20. The second-order valence-electron chi connectivity index (χ2n) is 6.71. The van der Waals surface area contributed by atoms with Gasteiger partial charge in [0, 0.05) is 23.7 Å². The summed E-state index contributed by atoms with van der Waals surface area (Å²) in [4.78, 5) is 31.5. The number of aromatic nitrogens is 2. The summed E-state index contributed by atoms with van der Waals surface area (Å²) in [6, 6.07) is 0.308. The fourth-order valence-corrected chi connectivity index (χ4v) is 4.20. The van der Waals surface area contributed by atoms with Gasteiger partial charge in [0.15, 0.2) is 0 Å². The number of hydrogen-bond acceptors (Lipinski definition) is 3. The molecule has 2 saturated carbocycles. The Kier molecular flexibility index (Phi) is 4.32. The molecule has 0 bridgehead atoms. The van der Waals surface area contributed by atoms with Crippen molar-refractivity contribution in [3.05, 3.63) is 27.4 Å². The Morgan fingerprint density at radius 1 is 1.32 bits per heavy atom. The van der Waals surface area contributed by atoms with Crippen LogP contribution < -0.4 is 10.9 Å². The van der Waals surface area contributed by atoms with Gasteiger partial charge in [0.05, 0.1) is 6.42 Å². The Morgan fingerprint density at radius 2 is 2.14 bits per heavy atom. The standard InChI is InChI=1S/C17H25N3O2/c1-3-15-18-10(2)13(17(22)20-15)9-16(21)19-14-8-7-11-5-4-6-12(11)14/h11-12,14H,3-9H2,1-2H3,(H,19,21)(H,18,20,22)/t11-,12-,14-/m0/s1. The zero-order valence-electron chi connectivity index (χ0n) is 13.4. The smallest absolute Gasteiger partial charge is 0.254 e. The topological polar surface area (TPSA) is 74.8 Å². The third-order valence-electron chi connectivity index (χ3n) is 5.37. The molecular weight excluding hydrogens is 278 g/mol. The molecule has 3 atom stereocenters. The van der Waals surface area contributed by atoms with Gasteiger partial charge >= 0.3 is 0 Å². The molecule has 1 heterocycles. The Labute approximate surface area is 130 Å². The zero-order chi connectivity index (χ0) is 15.7. The molecule has 0 unspecified atom stereocenters. The van der Waals surface area contributed by atoms with Crippen molar-refractivity contribution in [3.8, 4) is 0 Å². The van der Waals surface area contributed by atoms with E-state index in [1.54, 1.807) is 6.92 Å². The quantitative estimate of drug-likeness (QED) is 0.892. The van der Waals surface area contributed by atoms with E-state index in [-0.39, 0.29) is 17.9 Å².